The van der Waals surface area contributed by atoms with Crippen LogP contribution in [0.2, 0.25) is 0 Å². The van der Waals surface area contributed by atoms with Crippen molar-refractivity contribution in [3.05, 3.63) is 108 Å². The number of carbonyl (C=O) groups excluding carboxylic acids is 2. The molecule has 1 fully saturated rings. The maximum Gasteiger partial charge on any atom is 0.256 e. The van der Waals surface area contributed by atoms with Crippen LogP contribution >= 0.6 is 11.8 Å². The van der Waals surface area contributed by atoms with E-state index in [0.717, 1.165) is 22.0 Å². The molecule has 5 heteroatoms. The number of amides is 2. The molecule has 0 aromatic heterocycles. The fourth-order valence-electron chi connectivity index (χ4n) is 4.46. The van der Waals surface area contributed by atoms with Gasteiger partial charge in [0.1, 0.15) is 5.37 Å². The third kappa shape index (κ3) is 4.69. The quantitative estimate of drug-likeness (QED) is 0.337. The van der Waals surface area contributed by atoms with Gasteiger partial charge >= 0.3 is 0 Å². The van der Waals surface area contributed by atoms with Gasteiger partial charge in [0.25, 0.3) is 5.91 Å². The van der Waals surface area contributed by atoms with Crippen molar-refractivity contribution in [1.29, 1.82) is 0 Å². The summed E-state index contributed by atoms with van der Waals surface area (Å²) in [6.07, 6.45) is 0. The molecule has 5 rings (SSSR count). The largest absolute Gasteiger partial charge is 0.322 e. The van der Waals surface area contributed by atoms with Crippen LogP contribution in [0.15, 0.2) is 91.0 Å². The van der Waals surface area contributed by atoms with Gasteiger partial charge in [-0.05, 0) is 57.6 Å². The first-order valence-electron chi connectivity index (χ1n) is 11.7. The van der Waals surface area contributed by atoms with Crippen molar-refractivity contribution in [3.63, 3.8) is 0 Å². The highest BCUT2D eigenvalue weighted by Gasteiger charge is 2.34. The third-order valence-corrected chi connectivity index (χ3v) is 7.56. The maximum atomic E-state index is 13.1. The second kappa shape index (κ2) is 9.23. The van der Waals surface area contributed by atoms with Crippen LogP contribution in [0.25, 0.3) is 10.8 Å². The van der Waals surface area contributed by atoms with Crippen molar-refractivity contribution in [2.75, 3.05) is 16.0 Å². The summed E-state index contributed by atoms with van der Waals surface area (Å²) in [4.78, 5) is 27.8. The Morgan fingerprint density at radius 3 is 2.40 bits per heavy atom. The Morgan fingerprint density at radius 1 is 0.914 bits per heavy atom. The van der Waals surface area contributed by atoms with Crippen LogP contribution in [0, 0.1) is 0 Å². The Morgan fingerprint density at radius 2 is 1.63 bits per heavy atom. The molecule has 176 valence electrons. The normalized spacial score (nSPS) is 16.0. The van der Waals surface area contributed by atoms with Crippen LogP contribution in [-0.2, 0) is 10.2 Å². The van der Waals surface area contributed by atoms with Gasteiger partial charge in [-0.3, -0.25) is 14.5 Å². The van der Waals surface area contributed by atoms with E-state index in [4.69, 9.17) is 0 Å². The molecule has 0 unspecified atom stereocenters. The Kier molecular flexibility index (Phi) is 6.12. The van der Waals surface area contributed by atoms with E-state index in [1.807, 2.05) is 83.8 Å². The molecule has 1 heterocycles. The number of thioether (sulfide) groups is 1. The van der Waals surface area contributed by atoms with Crippen LogP contribution < -0.4 is 10.2 Å². The number of carbonyl (C=O) groups is 2. The van der Waals surface area contributed by atoms with E-state index in [9.17, 15) is 9.59 Å². The molecule has 0 radical (unpaired) electrons. The standard InChI is InChI=1S/C30H28N2O2S/c1-30(2,3)22-14-16-24(17-15-22)32-27(33)19-35-29(32)21-10-6-11-23(18-21)31-28(34)26-13-7-9-20-8-4-5-12-25(20)26/h4-18,29H,19H2,1-3H3,(H,31,34)/t29-/m0/s1. The van der Waals surface area contributed by atoms with Gasteiger partial charge in [-0.1, -0.05) is 81.4 Å². The van der Waals surface area contributed by atoms with Crippen molar-refractivity contribution < 1.29 is 9.59 Å². The molecular formula is C30H28N2O2S. The molecular weight excluding hydrogens is 452 g/mol. The average Bonchev–Trinajstić information content (AvgIpc) is 3.24. The minimum Gasteiger partial charge on any atom is -0.322 e. The molecule has 0 bridgehead atoms. The molecule has 1 saturated heterocycles. The highest BCUT2D eigenvalue weighted by atomic mass is 32.2. The summed E-state index contributed by atoms with van der Waals surface area (Å²) in [6, 6.07) is 29.7. The summed E-state index contributed by atoms with van der Waals surface area (Å²) in [5, 5.41) is 4.86. The van der Waals surface area contributed by atoms with Gasteiger partial charge in [0.2, 0.25) is 5.91 Å². The van der Waals surface area contributed by atoms with Gasteiger partial charge < -0.3 is 5.32 Å². The second-order valence-corrected chi connectivity index (χ2v) is 10.9. The minimum atomic E-state index is -0.149. The Hall–Kier alpha value is -3.57. The molecule has 1 aliphatic rings. The zero-order valence-electron chi connectivity index (χ0n) is 20.1. The van der Waals surface area contributed by atoms with Gasteiger partial charge in [0, 0.05) is 16.9 Å². The topological polar surface area (TPSA) is 49.4 Å². The number of rotatable bonds is 4. The molecule has 0 aliphatic carbocycles. The first-order valence-corrected chi connectivity index (χ1v) is 12.8. The minimum absolute atomic E-state index is 0.0539. The highest BCUT2D eigenvalue weighted by molar-refractivity contribution is 8.00. The first kappa shape index (κ1) is 23.2. The lowest BCUT2D eigenvalue weighted by atomic mass is 9.87. The average molecular weight is 481 g/mol. The molecule has 2 amide bonds. The Bertz CT molecular complexity index is 1400. The number of anilines is 2. The van der Waals surface area contributed by atoms with Gasteiger partial charge in [0.05, 0.1) is 5.75 Å². The van der Waals surface area contributed by atoms with Gasteiger partial charge in [-0.25, -0.2) is 0 Å². The van der Waals surface area contributed by atoms with E-state index in [0.29, 0.717) is 17.0 Å². The zero-order valence-corrected chi connectivity index (χ0v) is 20.9. The number of benzene rings is 4. The molecule has 4 aromatic rings. The molecule has 35 heavy (non-hydrogen) atoms. The molecule has 1 aliphatic heterocycles. The van der Waals surface area contributed by atoms with Crippen molar-refractivity contribution >= 4 is 45.7 Å². The molecule has 0 spiro atoms. The van der Waals surface area contributed by atoms with E-state index >= 15 is 0 Å². The fourth-order valence-corrected chi connectivity index (χ4v) is 5.63. The van der Waals surface area contributed by atoms with Crippen LogP contribution in [-0.4, -0.2) is 17.6 Å². The summed E-state index contributed by atoms with van der Waals surface area (Å²) < 4.78 is 0. The lowest BCUT2D eigenvalue weighted by Gasteiger charge is -2.26. The summed E-state index contributed by atoms with van der Waals surface area (Å²) in [7, 11) is 0. The summed E-state index contributed by atoms with van der Waals surface area (Å²) >= 11 is 1.61. The van der Waals surface area contributed by atoms with E-state index in [-0.39, 0.29) is 22.6 Å². The Labute approximate surface area is 210 Å². The smallest absolute Gasteiger partial charge is 0.256 e. The molecule has 0 saturated carbocycles. The number of hydrogen-bond donors (Lipinski definition) is 1. The van der Waals surface area contributed by atoms with Crippen molar-refractivity contribution in [1.82, 2.24) is 0 Å². The van der Waals surface area contributed by atoms with E-state index in [1.165, 1.54) is 5.56 Å². The lowest BCUT2D eigenvalue weighted by Crippen LogP contribution is -2.28. The lowest BCUT2D eigenvalue weighted by molar-refractivity contribution is -0.115. The van der Waals surface area contributed by atoms with Gasteiger partial charge in [-0.2, -0.15) is 0 Å². The zero-order chi connectivity index (χ0) is 24.6. The Balaban J connectivity index is 1.40. The molecule has 1 N–H and O–H groups in total. The van der Waals surface area contributed by atoms with Crippen molar-refractivity contribution in [3.8, 4) is 0 Å². The number of hydrogen-bond acceptors (Lipinski definition) is 3. The second-order valence-electron chi connectivity index (χ2n) is 9.83. The van der Waals surface area contributed by atoms with Gasteiger partial charge in [0.15, 0.2) is 0 Å². The van der Waals surface area contributed by atoms with E-state index < -0.39 is 0 Å². The van der Waals surface area contributed by atoms with Crippen LogP contribution in [0.1, 0.15) is 47.6 Å². The van der Waals surface area contributed by atoms with Crippen LogP contribution in [0.5, 0.6) is 0 Å². The third-order valence-electron chi connectivity index (χ3n) is 6.34. The molecule has 4 nitrogen and oxygen atoms in total. The van der Waals surface area contributed by atoms with E-state index in [2.05, 4.69) is 38.2 Å². The monoisotopic (exact) mass is 480 g/mol. The summed E-state index contributed by atoms with van der Waals surface area (Å²) in [5.74, 6) is 0.371. The summed E-state index contributed by atoms with van der Waals surface area (Å²) in [6.45, 7) is 6.54. The van der Waals surface area contributed by atoms with Crippen LogP contribution in [0.3, 0.4) is 0 Å². The van der Waals surface area contributed by atoms with Crippen molar-refractivity contribution in [2.45, 2.75) is 31.6 Å². The van der Waals surface area contributed by atoms with E-state index in [1.54, 1.807) is 11.8 Å². The van der Waals surface area contributed by atoms with Crippen molar-refractivity contribution in [2.24, 2.45) is 0 Å². The van der Waals surface area contributed by atoms with Crippen LogP contribution in [0.4, 0.5) is 11.4 Å². The number of nitrogens with one attached hydrogen (secondary N) is 1. The number of nitrogens with zero attached hydrogens (tertiary/aromatic N) is 1. The SMILES string of the molecule is CC(C)(C)c1ccc(N2C(=O)CS[C@H]2c2cccc(NC(=O)c3cccc4ccccc34)c2)cc1. The maximum absolute atomic E-state index is 13.1. The molecule has 4 aromatic carbocycles. The van der Waals surface area contributed by atoms with Gasteiger partial charge in [-0.15, -0.1) is 11.8 Å². The predicted octanol–water partition coefficient (Wildman–Crippen LogP) is 7.17. The first-order chi connectivity index (χ1) is 16.8. The summed E-state index contributed by atoms with van der Waals surface area (Å²) in [5.41, 5.74) is 4.51. The molecule has 1 atom stereocenters. The fraction of sp³-hybridized carbons (Fsp3) is 0.200. The number of fused-ring (bicyclic) bond motifs is 1. The highest BCUT2D eigenvalue weighted by Crippen LogP contribution is 2.42. The predicted molar refractivity (Wildman–Crippen MR) is 146 cm³/mol.